The maximum absolute atomic E-state index is 13.2. The third-order valence-electron chi connectivity index (χ3n) is 11.2. The van der Waals surface area contributed by atoms with Crippen LogP contribution >= 0.6 is 0 Å². The topological polar surface area (TPSA) is 107 Å². The molecule has 0 amide bonds. The molecule has 1 aliphatic carbocycles. The second-order valence-corrected chi connectivity index (χ2v) is 14.8. The minimum absolute atomic E-state index is 0.276. The van der Waals surface area contributed by atoms with Crippen LogP contribution < -0.4 is 18.9 Å². The number of hydrogen-bond acceptors (Lipinski definition) is 9. The number of carbonyl (C=O) groups is 3. The summed E-state index contributed by atoms with van der Waals surface area (Å²) in [5.74, 6) is 1.20. The fourth-order valence-corrected chi connectivity index (χ4v) is 8.07. The molecule has 0 saturated heterocycles. The molecule has 11 heteroatoms. The number of halogens is 2. The van der Waals surface area contributed by atoms with Gasteiger partial charge in [-0.05, 0) is 112 Å². The van der Waals surface area contributed by atoms with E-state index in [0.29, 0.717) is 28.4 Å². The van der Waals surface area contributed by atoms with Crippen molar-refractivity contribution in [3.8, 4) is 34.1 Å². The molecule has 312 valence electrons. The molecule has 0 heterocycles. The van der Waals surface area contributed by atoms with Gasteiger partial charge in [0.15, 0.2) is 0 Å². The highest BCUT2D eigenvalue weighted by atomic mass is 19.1. The molecule has 61 heavy (non-hydrogen) atoms. The van der Waals surface area contributed by atoms with E-state index in [0.717, 1.165) is 50.9 Å². The van der Waals surface area contributed by atoms with E-state index in [2.05, 4.69) is 42.8 Å². The van der Waals surface area contributed by atoms with Crippen molar-refractivity contribution in [2.75, 3.05) is 26.6 Å². The predicted molar refractivity (Wildman–Crippen MR) is 225 cm³/mol. The second kappa shape index (κ2) is 18.1. The zero-order valence-electron chi connectivity index (χ0n) is 34.2. The van der Waals surface area contributed by atoms with Crippen LogP contribution in [0.15, 0.2) is 133 Å². The number of benzene rings is 6. The molecular weight excluding hydrogens is 783 g/mol. The van der Waals surface area contributed by atoms with E-state index in [9.17, 15) is 23.2 Å². The highest BCUT2D eigenvalue weighted by molar-refractivity contribution is 5.86. The maximum atomic E-state index is 13.2. The first kappa shape index (κ1) is 42.1. The van der Waals surface area contributed by atoms with Gasteiger partial charge in [-0.1, -0.05) is 111 Å². The lowest BCUT2D eigenvalue weighted by Crippen LogP contribution is -2.29. The quantitative estimate of drug-likeness (QED) is 0.0829. The van der Waals surface area contributed by atoms with Crippen LogP contribution in [0.5, 0.6) is 23.0 Å². The fourth-order valence-electron chi connectivity index (χ4n) is 8.07. The molecular formula is C50H44F2O9. The van der Waals surface area contributed by atoms with E-state index in [-0.39, 0.29) is 19.0 Å². The first-order valence-corrected chi connectivity index (χ1v) is 19.8. The average molecular weight is 827 g/mol. The first-order valence-electron chi connectivity index (χ1n) is 19.8. The monoisotopic (exact) mass is 826 g/mol. The van der Waals surface area contributed by atoms with E-state index in [1.54, 1.807) is 36.4 Å². The van der Waals surface area contributed by atoms with Gasteiger partial charge in [-0.25, -0.2) is 23.2 Å². The van der Waals surface area contributed by atoms with Gasteiger partial charge in [-0.15, -0.1) is 0 Å². The Bertz CT molecular complexity index is 2510. The Morgan fingerprint density at radius 2 is 0.951 bits per heavy atom. The van der Waals surface area contributed by atoms with Crippen molar-refractivity contribution in [3.63, 3.8) is 0 Å². The third kappa shape index (κ3) is 8.41. The van der Waals surface area contributed by atoms with Gasteiger partial charge < -0.3 is 28.4 Å². The summed E-state index contributed by atoms with van der Waals surface area (Å²) in [6.07, 6.45) is -2.11. The van der Waals surface area contributed by atoms with Gasteiger partial charge in [0.1, 0.15) is 49.6 Å². The number of carbonyl (C=O) groups excluding carboxylic acids is 3. The van der Waals surface area contributed by atoms with Gasteiger partial charge in [0.2, 0.25) is 0 Å². The first-order chi connectivity index (χ1) is 29.5. The predicted octanol–water partition coefficient (Wildman–Crippen LogP) is 11.9. The molecule has 1 aliphatic rings. The number of hydrogen-bond donors (Lipinski definition) is 0. The average Bonchev–Trinajstić information content (AvgIpc) is 3.57. The normalized spacial score (nSPS) is 13.2. The van der Waals surface area contributed by atoms with E-state index in [4.69, 9.17) is 23.7 Å². The zero-order valence-corrected chi connectivity index (χ0v) is 34.2. The lowest BCUT2D eigenvalue weighted by Gasteiger charge is -2.34. The van der Waals surface area contributed by atoms with Crippen LogP contribution in [0.25, 0.3) is 11.1 Å². The number of ether oxygens (including phenoxy) is 6. The number of aryl methyl sites for hydroxylation is 2. The Labute approximate surface area is 352 Å². The molecule has 0 N–H and O–H groups in total. The molecule has 0 spiro atoms. The van der Waals surface area contributed by atoms with Crippen LogP contribution in [0.3, 0.4) is 0 Å². The minimum atomic E-state index is -0.979. The van der Waals surface area contributed by atoms with Crippen LogP contribution in [-0.2, 0) is 20.3 Å². The van der Waals surface area contributed by atoms with Crippen molar-refractivity contribution in [2.45, 2.75) is 44.9 Å². The highest BCUT2D eigenvalue weighted by Crippen LogP contribution is 2.56. The van der Waals surface area contributed by atoms with Crippen molar-refractivity contribution >= 4 is 18.5 Å². The summed E-state index contributed by atoms with van der Waals surface area (Å²) < 4.78 is 56.3. The molecule has 0 fully saturated rings. The minimum Gasteiger partial charge on any atom is -0.431 e. The van der Waals surface area contributed by atoms with Gasteiger partial charge in [-0.2, -0.15) is 0 Å². The number of fused-ring (bicyclic) bond motifs is 3. The van der Waals surface area contributed by atoms with Crippen LogP contribution in [0.4, 0.5) is 23.2 Å². The van der Waals surface area contributed by atoms with Gasteiger partial charge in [-0.3, -0.25) is 0 Å². The van der Waals surface area contributed by atoms with Crippen molar-refractivity contribution in [1.29, 1.82) is 0 Å². The summed E-state index contributed by atoms with van der Waals surface area (Å²) in [6.45, 7) is 5.49. The smallest absolute Gasteiger partial charge is 0.431 e. The zero-order chi connectivity index (χ0) is 43.1. The summed E-state index contributed by atoms with van der Waals surface area (Å²) >= 11 is 0. The molecule has 9 nitrogen and oxygen atoms in total. The van der Waals surface area contributed by atoms with Gasteiger partial charge in [0.05, 0.1) is 5.41 Å². The molecule has 7 rings (SSSR count). The van der Waals surface area contributed by atoms with E-state index in [1.165, 1.54) is 0 Å². The van der Waals surface area contributed by atoms with Gasteiger partial charge in [0.25, 0.3) is 0 Å². The second-order valence-electron chi connectivity index (χ2n) is 14.8. The van der Waals surface area contributed by atoms with Crippen molar-refractivity contribution in [2.24, 2.45) is 0 Å². The summed E-state index contributed by atoms with van der Waals surface area (Å²) in [4.78, 5) is 37.2. The summed E-state index contributed by atoms with van der Waals surface area (Å²) in [6, 6.07) is 42.0. The summed E-state index contributed by atoms with van der Waals surface area (Å²) in [5, 5.41) is 0. The lowest BCUT2D eigenvalue weighted by atomic mass is 9.67. The summed E-state index contributed by atoms with van der Waals surface area (Å²) in [5.41, 5.74) is 8.20. The molecule has 0 saturated carbocycles. The molecule has 0 radical (unpaired) electrons. The Balaban J connectivity index is 1.12. The number of rotatable bonds is 13. The largest absolute Gasteiger partial charge is 0.519 e. The SMILES string of the molecule is CCC(C)(c1ccc(OC(=O)OCCF)cc1)c1ccc(OC(=O)Oc2ccc(C3(c4ccc(OC(=O)OCCF)c(C)c4)c4ccccc4-c4ccccc43)cc2C)cc1. The van der Waals surface area contributed by atoms with Crippen LogP contribution in [0.1, 0.15) is 64.8 Å². The maximum Gasteiger partial charge on any atom is 0.519 e. The standard InChI is InChI=1S/C50H44F2O9/c1-5-49(4,34-14-20-38(21-15-34)58-46(53)56-28-26-51)35-16-22-39(23-17-35)59-48(55)61-45-25-19-37(31-33(45)3)50(36-18-24-44(32(2)30-36)60-47(54)57-29-27-52)42-12-8-6-10-40(42)41-11-7-9-13-43(41)50/h6-25,30-31H,5,26-29H2,1-4H3. The molecule has 0 aromatic heterocycles. The Kier molecular flexibility index (Phi) is 12.5. The van der Waals surface area contributed by atoms with Crippen molar-refractivity contribution < 1.29 is 51.6 Å². The van der Waals surface area contributed by atoms with Crippen molar-refractivity contribution in [3.05, 3.63) is 178 Å². The van der Waals surface area contributed by atoms with Gasteiger partial charge in [0, 0.05) is 5.41 Å². The van der Waals surface area contributed by atoms with E-state index >= 15 is 0 Å². The molecule has 1 atom stereocenters. The van der Waals surface area contributed by atoms with Crippen molar-refractivity contribution in [1.82, 2.24) is 0 Å². The Morgan fingerprint density at radius 3 is 1.38 bits per heavy atom. The fraction of sp³-hybridized carbons (Fsp3) is 0.220. The van der Waals surface area contributed by atoms with Crippen LogP contribution in [0.2, 0.25) is 0 Å². The lowest BCUT2D eigenvalue weighted by molar-refractivity contribution is 0.0920. The molecule has 6 aromatic rings. The Morgan fingerprint density at radius 1 is 0.541 bits per heavy atom. The molecule has 0 bridgehead atoms. The van der Waals surface area contributed by atoms with E-state index in [1.807, 2.05) is 86.6 Å². The summed E-state index contributed by atoms with van der Waals surface area (Å²) in [7, 11) is 0. The van der Waals surface area contributed by atoms with Crippen LogP contribution in [-0.4, -0.2) is 45.0 Å². The van der Waals surface area contributed by atoms with Crippen LogP contribution in [0, 0.1) is 13.8 Å². The Hall–Kier alpha value is -7.01. The van der Waals surface area contributed by atoms with Gasteiger partial charge >= 0.3 is 18.5 Å². The molecule has 6 aromatic carbocycles. The number of alkyl halides is 2. The molecule has 0 aliphatic heterocycles. The highest BCUT2D eigenvalue weighted by Gasteiger charge is 2.46. The molecule has 1 unspecified atom stereocenters. The third-order valence-corrected chi connectivity index (χ3v) is 11.2. The van der Waals surface area contributed by atoms with E-state index < -0.39 is 42.6 Å².